The number of halogens is 2. The monoisotopic (exact) mass is 622 g/mol. The number of benzene rings is 2. The van der Waals surface area contributed by atoms with Crippen LogP contribution in [0.4, 0.5) is 13.6 Å². The summed E-state index contributed by atoms with van der Waals surface area (Å²) >= 11 is 0. The highest BCUT2D eigenvalue weighted by molar-refractivity contribution is 6.04. The summed E-state index contributed by atoms with van der Waals surface area (Å²) in [6, 6.07) is 7.21. The quantitative estimate of drug-likeness (QED) is 0.222. The summed E-state index contributed by atoms with van der Waals surface area (Å²) in [6.07, 6.45) is 3.77. The molecule has 2 fully saturated rings. The van der Waals surface area contributed by atoms with Gasteiger partial charge in [0, 0.05) is 48.0 Å². The number of aryl methyl sites for hydroxylation is 1. The van der Waals surface area contributed by atoms with Crippen LogP contribution in [0.5, 0.6) is 5.75 Å². The summed E-state index contributed by atoms with van der Waals surface area (Å²) in [5.74, 6) is -2.41. The number of likely N-dealkylation sites (tertiary alicyclic amines) is 1. The Morgan fingerprint density at radius 3 is 2.58 bits per heavy atom. The number of H-pyrrole nitrogens is 1. The van der Waals surface area contributed by atoms with Gasteiger partial charge < -0.3 is 14.2 Å². The molecule has 1 aliphatic heterocycles. The highest BCUT2D eigenvalue weighted by Gasteiger charge is 2.58. The van der Waals surface area contributed by atoms with Crippen molar-refractivity contribution in [3.63, 3.8) is 0 Å². The van der Waals surface area contributed by atoms with Crippen molar-refractivity contribution in [3.8, 4) is 5.75 Å². The maximum Gasteiger partial charge on any atom is 0.419 e. The maximum atomic E-state index is 14.3. The van der Waals surface area contributed by atoms with Crippen molar-refractivity contribution >= 4 is 33.9 Å². The van der Waals surface area contributed by atoms with Crippen LogP contribution in [-0.4, -0.2) is 63.5 Å². The Morgan fingerprint density at radius 1 is 1.16 bits per heavy atom. The summed E-state index contributed by atoms with van der Waals surface area (Å²) < 4.78 is 47.0. The third kappa shape index (κ3) is 5.67. The van der Waals surface area contributed by atoms with Gasteiger partial charge in [-0.2, -0.15) is 5.10 Å². The topological polar surface area (TPSA) is 98.7 Å². The van der Waals surface area contributed by atoms with Crippen molar-refractivity contribution in [3.05, 3.63) is 58.9 Å². The normalized spacial score (nSPS) is 19.5. The van der Waals surface area contributed by atoms with Crippen LogP contribution >= 0.6 is 0 Å². The number of esters is 1. The number of aromatic nitrogens is 3. The zero-order chi connectivity index (χ0) is 32.3. The van der Waals surface area contributed by atoms with Crippen LogP contribution in [0.1, 0.15) is 86.5 Å². The van der Waals surface area contributed by atoms with Crippen molar-refractivity contribution in [2.24, 2.45) is 5.41 Å². The maximum absolute atomic E-state index is 14.3. The molecule has 9 nitrogen and oxygen atoms in total. The third-order valence-electron chi connectivity index (χ3n) is 9.17. The van der Waals surface area contributed by atoms with Gasteiger partial charge in [-0.25, -0.2) is 18.4 Å². The van der Waals surface area contributed by atoms with Crippen LogP contribution in [0.25, 0.3) is 21.8 Å². The lowest BCUT2D eigenvalue weighted by Gasteiger charge is -2.54. The minimum absolute atomic E-state index is 0.131. The summed E-state index contributed by atoms with van der Waals surface area (Å²) in [7, 11) is 1.62. The van der Waals surface area contributed by atoms with Gasteiger partial charge in [-0.3, -0.25) is 14.6 Å². The van der Waals surface area contributed by atoms with Gasteiger partial charge in [0.05, 0.1) is 36.5 Å². The number of rotatable bonds is 6. The van der Waals surface area contributed by atoms with Gasteiger partial charge >= 0.3 is 12.1 Å². The fourth-order valence-electron chi connectivity index (χ4n) is 7.34. The van der Waals surface area contributed by atoms with Crippen molar-refractivity contribution in [1.29, 1.82) is 0 Å². The predicted octanol–water partition coefficient (Wildman–Crippen LogP) is 7.55. The fourth-order valence-corrected chi connectivity index (χ4v) is 7.34. The number of carbonyl (C=O) groups excluding carboxylic acids is 2. The summed E-state index contributed by atoms with van der Waals surface area (Å²) in [5.41, 5.74) is 3.34. The van der Waals surface area contributed by atoms with E-state index >= 15 is 0 Å². The molecule has 0 amide bonds. The lowest BCUT2D eigenvalue weighted by molar-refractivity contribution is -0.186. The van der Waals surface area contributed by atoms with Gasteiger partial charge in [0.25, 0.3) is 0 Å². The predicted molar refractivity (Wildman–Crippen MR) is 166 cm³/mol. The number of alkyl halides is 2. The van der Waals surface area contributed by atoms with Crippen LogP contribution in [0.15, 0.2) is 36.7 Å². The van der Waals surface area contributed by atoms with Crippen molar-refractivity contribution in [2.75, 3.05) is 20.3 Å². The van der Waals surface area contributed by atoms with E-state index in [0.717, 1.165) is 27.6 Å². The average Bonchev–Trinajstić information content (AvgIpc) is 3.61. The van der Waals surface area contributed by atoms with Crippen molar-refractivity contribution in [2.45, 2.75) is 84.4 Å². The molecule has 1 saturated heterocycles. The Balaban J connectivity index is 1.43. The molecule has 45 heavy (non-hydrogen) atoms. The van der Waals surface area contributed by atoms with Crippen molar-refractivity contribution in [1.82, 2.24) is 19.7 Å². The lowest BCUT2D eigenvalue weighted by Crippen LogP contribution is -2.53. The molecule has 3 heterocycles. The largest absolute Gasteiger partial charge is 0.496 e. The Hall–Kier alpha value is -3.99. The zero-order valence-electron chi connectivity index (χ0n) is 26.6. The molecule has 0 bridgehead atoms. The summed E-state index contributed by atoms with van der Waals surface area (Å²) in [5, 5.41) is 8.81. The molecule has 2 aromatic carbocycles. The standard InChI is InChI=1S/C34H40F2N4O5/c1-7-44-30(41)22-8-9-23(28-24(22)16-37-38-28)26-15-33(18-34(35,36)19-33)11-13-39(26)17-25-21-10-12-40(31(42)45-32(3,4)5)29(21)20(2)14-27(25)43-6/h8-10,12,14,16,26H,7,11,13,15,17-19H2,1-6H3,(H,37,38). The van der Waals surface area contributed by atoms with Gasteiger partial charge in [-0.05, 0) is 88.7 Å². The van der Waals surface area contributed by atoms with Gasteiger partial charge in [0.2, 0.25) is 5.92 Å². The highest BCUT2D eigenvalue weighted by Crippen LogP contribution is 2.61. The number of nitrogens with zero attached hydrogens (tertiary/aromatic N) is 3. The van der Waals surface area contributed by atoms with Crippen LogP contribution < -0.4 is 4.74 Å². The van der Waals surface area contributed by atoms with E-state index in [1.807, 2.05) is 45.9 Å². The van der Waals surface area contributed by atoms with E-state index in [4.69, 9.17) is 14.2 Å². The smallest absolute Gasteiger partial charge is 0.419 e. The first-order valence-corrected chi connectivity index (χ1v) is 15.4. The number of hydrogen-bond donors (Lipinski definition) is 1. The summed E-state index contributed by atoms with van der Waals surface area (Å²) in [4.78, 5) is 28.2. The molecular formula is C34H40F2N4O5. The molecule has 1 N–H and O–H groups in total. The van der Waals surface area contributed by atoms with E-state index < -0.39 is 29.0 Å². The first-order valence-electron chi connectivity index (χ1n) is 15.4. The van der Waals surface area contributed by atoms with E-state index in [1.165, 1.54) is 4.57 Å². The van der Waals surface area contributed by atoms with Crippen LogP contribution in [0.2, 0.25) is 0 Å². The molecule has 1 saturated carbocycles. The molecule has 0 radical (unpaired) electrons. The zero-order valence-corrected chi connectivity index (χ0v) is 26.6. The Bertz CT molecular complexity index is 1780. The molecule has 2 aliphatic rings. The molecule has 6 rings (SSSR count). The van der Waals surface area contributed by atoms with E-state index in [9.17, 15) is 18.4 Å². The van der Waals surface area contributed by atoms with E-state index in [1.54, 1.807) is 32.5 Å². The number of carbonyl (C=O) groups is 2. The number of hydrogen-bond acceptors (Lipinski definition) is 7. The SMILES string of the molecule is CCOC(=O)c1ccc(C2CC3(CCN2Cc2c(OC)cc(C)c4c2ccn4C(=O)OC(C)(C)C)CC(F)(F)C3)c2[nH]ncc12. The molecule has 2 aromatic heterocycles. The molecular weight excluding hydrogens is 582 g/mol. The third-order valence-corrected chi connectivity index (χ3v) is 9.17. The van der Waals surface area contributed by atoms with E-state index in [2.05, 4.69) is 15.1 Å². The first kappa shape index (κ1) is 31.0. The Kier molecular flexibility index (Phi) is 7.66. The second-order valence-electron chi connectivity index (χ2n) is 13.5. The van der Waals surface area contributed by atoms with Gasteiger partial charge in [0.15, 0.2) is 0 Å². The molecule has 11 heteroatoms. The second-order valence-corrected chi connectivity index (χ2v) is 13.5. The van der Waals surface area contributed by atoms with Gasteiger partial charge in [0.1, 0.15) is 11.4 Å². The number of nitrogens with one attached hydrogen (secondary N) is 1. The fraction of sp³-hybridized carbons (Fsp3) is 0.500. The molecule has 1 unspecified atom stereocenters. The Morgan fingerprint density at radius 2 is 1.91 bits per heavy atom. The minimum Gasteiger partial charge on any atom is -0.496 e. The average molecular weight is 623 g/mol. The number of ether oxygens (including phenoxy) is 3. The molecule has 4 aromatic rings. The second kappa shape index (κ2) is 11.1. The van der Waals surface area contributed by atoms with Gasteiger partial charge in [-0.1, -0.05) is 6.07 Å². The number of aromatic amines is 1. The van der Waals surface area contributed by atoms with Gasteiger partial charge in [-0.15, -0.1) is 0 Å². The Labute approximate surface area is 260 Å². The molecule has 1 spiro atoms. The number of fused-ring (bicyclic) bond motifs is 2. The van der Waals surface area contributed by atoms with Crippen LogP contribution in [0.3, 0.4) is 0 Å². The van der Waals surface area contributed by atoms with E-state index in [-0.39, 0.29) is 25.5 Å². The summed E-state index contributed by atoms with van der Waals surface area (Å²) in [6.45, 7) is 10.4. The lowest BCUT2D eigenvalue weighted by atomic mass is 9.59. The van der Waals surface area contributed by atoms with Crippen LogP contribution in [-0.2, 0) is 16.0 Å². The first-order chi connectivity index (χ1) is 21.2. The van der Waals surface area contributed by atoms with Crippen molar-refractivity contribution < 1.29 is 32.6 Å². The highest BCUT2D eigenvalue weighted by atomic mass is 19.3. The molecule has 1 atom stereocenters. The number of methoxy groups -OCH3 is 1. The minimum atomic E-state index is -2.65. The van der Waals surface area contributed by atoms with Crippen LogP contribution in [0, 0.1) is 12.3 Å². The molecule has 240 valence electrons. The van der Waals surface area contributed by atoms with E-state index in [0.29, 0.717) is 48.1 Å². The molecule has 1 aliphatic carbocycles. The number of piperidine rings is 1.